The highest BCUT2D eigenvalue weighted by molar-refractivity contribution is 7.80. The van der Waals surface area contributed by atoms with Gasteiger partial charge in [0.25, 0.3) is 0 Å². The fourth-order valence-electron chi connectivity index (χ4n) is 2.68. The van der Waals surface area contributed by atoms with E-state index in [2.05, 4.69) is 31.4 Å². The Bertz CT molecular complexity index is 151. The molecule has 0 saturated carbocycles. The quantitative estimate of drug-likeness (QED) is 0.536. The van der Waals surface area contributed by atoms with Gasteiger partial charge in [-0.3, -0.25) is 4.90 Å². The molecule has 0 N–H and O–H groups in total. The molecule has 1 aliphatic heterocycles. The number of hydrogen-bond donors (Lipinski definition) is 1. The first-order valence-electron chi connectivity index (χ1n) is 6.62. The van der Waals surface area contributed by atoms with Crippen molar-refractivity contribution < 1.29 is 0 Å². The van der Waals surface area contributed by atoms with Crippen LogP contribution in [0.15, 0.2) is 0 Å². The minimum absolute atomic E-state index is 0.818. The van der Waals surface area contributed by atoms with Gasteiger partial charge in [-0.05, 0) is 51.8 Å². The fraction of sp³-hybridized carbons (Fsp3) is 1.00. The van der Waals surface area contributed by atoms with E-state index in [1.807, 2.05) is 0 Å². The minimum atomic E-state index is 0.818. The van der Waals surface area contributed by atoms with Gasteiger partial charge in [0.05, 0.1) is 0 Å². The van der Waals surface area contributed by atoms with Gasteiger partial charge in [-0.1, -0.05) is 19.3 Å². The molecule has 1 saturated heterocycles. The van der Waals surface area contributed by atoms with Crippen molar-refractivity contribution in [2.24, 2.45) is 0 Å². The fourth-order valence-corrected chi connectivity index (χ4v) is 2.90. The predicted octanol–water partition coefficient (Wildman–Crippen LogP) is 3.74. The third-order valence-corrected chi connectivity index (χ3v) is 4.02. The predicted molar refractivity (Wildman–Crippen MR) is 71.8 cm³/mol. The van der Waals surface area contributed by atoms with Crippen LogP contribution in [0, 0.1) is 0 Å². The number of nitrogens with zero attached hydrogens (tertiary/aromatic N) is 1. The molecule has 1 nitrogen and oxygen atoms in total. The highest BCUT2D eigenvalue weighted by atomic mass is 32.1. The molecule has 2 unspecified atom stereocenters. The molecule has 2 atom stereocenters. The van der Waals surface area contributed by atoms with Crippen molar-refractivity contribution in [1.82, 2.24) is 4.90 Å². The average molecular weight is 229 g/mol. The van der Waals surface area contributed by atoms with Crippen LogP contribution in [0.4, 0.5) is 0 Å². The zero-order valence-electron chi connectivity index (χ0n) is 10.4. The Morgan fingerprint density at radius 2 is 1.60 bits per heavy atom. The van der Waals surface area contributed by atoms with Crippen molar-refractivity contribution in [2.75, 3.05) is 12.3 Å². The standard InChI is InChI=1S/C13H27NS/c1-12-8-7-9-13(2)14(12)10-5-3-4-6-11-15/h12-13,15H,3-11H2,1-2H3. The maximum Gasteiger partial charge on any atom is 0.00697 e. The second-order valence-electron chi connectivity index (χ2n) is 5.00. The van der Waals surface area contributed by atoms with E-state index in [1.54, 1.807) is 0 Å². The molecule has 0 aromatic rings. The zero-order chi connectivity index (χ0) is 11.1. The first kappa shape index (κ1) is 13.4. The van der Waals surface area contributed by atoms with Gasteiger partial charge < -0.3 is 0 Å². The molecule has 1 heterocycles. The summed E-state index contributed by atoms with van der Waals surface area (Å²) in [4.78, 5) is 2.71. The van der Waals surface area contributed by atoms with Gasteiger partial charge >= 0.3 is 0 Å². The van der Waals surface area contributed by atoms with Crippen LogP contribution in [0.2, 0.25) is 0 Å². The number of hydrogen-bond acceptors (Lipinski definition) is 2. The molecule has 1 aliphatic rings. The Balaban J connectivity index is 2.12. The zero-order valence-corrected chi connectivity index (χ0v) is 11.3. The Morgan fingerprint density at radius 3 is 2.20 bits per heavy atom. The van der Waals surface area contributed by atoms with Crippen LogP contribution in [-0.4, -0.2) is 29.3 Å². The number of rotatable bonds is 6. The molecule has 0 aromatic carbocycles. The van der Waals surface area contributed by atoms with Gasteiger partial charge in [0, 0.05) is 12.1 Å². The highest BCUT2D eigenvalue weighted by Crippen LogP contribution is 2.22. The Kier molecular flexibility index (Phi) is 6.74. The Hall–Kier alpha value is 0.310. The number of likely N-dealkylation sites (tertiary alicyclic amines) is 1. The van der Waals surface area contributed by atoms with Gasteiger partial charge in [-0.25, -0.2) is 0 Å². The van der Waals surface area contributed by atoms with Crippen LogP contribution in [0.5, 0.6) is 0 Å². The third kappa shape index (κ3) is 4.78. The summed E-state index contributed by atoms with van der Waals surface area (Å²) in [6.07, 6.45) is 9.65. The molecule has 1 fully saturated rings. The summed E-state index contributed by atoms with van der Waals surface area (Å²) in [7, 11) is 0. The molecule has 0 aliphatic carbocycles. The molecular weight excluding hydrogens is 202 g/mol. The van der Waals surface area contributed by atoms with Crippen molar-refractivity contribution in [2.45, 2.75) is 70.9 Å². The molecule has 90 valence electrons. The maximum atomic E-state index is 4.24. The van der Waals surface area contributed by atoms with E-state index in [1.165, 1.54) is 51.5 Å². The number of piperidine rings is 1. The average Bonchev–Trinajstić information content (AvgIpc) is 2.21. The molecule has 1 rings (SSSR count). The second-order valence-corrected chi connectivity index (χ2v) is 5.45. The lowest BCUT2D eigenvalue weighted by molar-refractivity contribution is 0.101. The second kappa shape index (κ2) is 7.56. The van der Waals surface area contributed by atoms with E-state index in [0.29, 0.717) is 0 Å². The highest BCUT2D eigenvalue weighted by Gasteiger charge is 2.23. The minimum Gasteiger partial charge on any atom is -0.298 e. The maximum absolute atomic E-state index is 4.24. The van der Waals surface area contributed by atoms with Crippen molar-refractivity contribution in [3.63, 3.8) is 0 Å². The lowest BCUT2D eigenvalue weighted by Gasteiger charge is -2.39. The van der Waals surface area contributed by atoms with Crippen molar-refractivity contribution in [3.8, 4) is 0 Å². The molecular formula is C13H27NS. The van der Waals surface area contributed by atoms with Crippen molar-refractivity contribution >= 4 is 12.6 Å². The van der Waals surface area contributed by atoms with E-state index in [0.717, 1.165) is 17.8 Å². The summed E-state index contributed by atoms with van der Waals surface area (Å²) in [5.41, 5.74) is 0. The molecule has 0 bridgehead atoms. The Labute approximate surface area is 101 Å². The van der Waals surface area contributed by atoms with Crippen LogP contribution < -0.4 is 0 Å². The summed E-state index contributed by atoms with van der Waals surface area (Å²) in [5, 5.41) is 0. The van der Waals surface area contributed by atoms with Crippen LogP contribution in [0.3, 0.4) is 0 Å². The molecule has 2 heteroatoms. The first-order chi connectivity index (χ1) is 7.25. The summed E-state index contributed by atoms with van der Waals surface area (Å²) >= 11 is 4.24. The van der Waals surface area contributed by atoms with E-state index < -0.39 is 0 Å². The van der Waals surface area contributed by atoms with Crippen LogP contribution in [0.25, 0.3) is 0 Å². The SMILES string of the molecule is CC1CCCC(C)N1CCCCCCS. The molecule has 15 heavy (non-hydrogen) atoms. The van der Waals surface area contributed by atoms with E-state index in [4.69, 9.17) is 0 Å². The topological polar surface area (TPSA) is 3.24 Å². The third-order valence-electron chi connectivity index (χ3n) is 3.70. The van der Waals surface area contributed by atoms with Gasteiger partial charge in [-0.2, -0.15) is 12.6 Å². The van der Waals surface area contributed by atoms with Crippen LogP contribution >= 0.6 is 12.6 Å². The Morgan fingerprint density at radius 1 is 1.00 bits per heavy atom. The van der Waals surface area contributed by atoms with E-state index >= 15 is 0 Å². The van der Waals surface area contributed by atoms with E-state index in [-0.39, 0.29) is 0 Å². The summed E-state index contributed by atoms with van der Waals surface area (Å²) in [5.74, 6) is 1.05. The monoisotopic (exact) mass is 229 g/mol. The molecule has 0 radical (unpaired) electrons. The first-order valence-corrected chi connectivity index (χ1v) is 7.25. The summed E-state index contributed by atoms with van der Waals surface area (Å²) < 4.78 is 0. The lowest BCUT2D eigenvalue weighted by Crippen LogP contribution is -2.44. The van der Waals surface area contributed by atoms with Gasteiger partial charge in [0.2, 0.25) is 0 Å². The summed E-state index contributed by atoms with van der Waals surface area (Å²) in [6.45, 7) is 6.10. The number of thiol groups is 1. The van der Waals surface area contributed by atoms with Crippen LogP contribution in [-0.2, 0) is 0 Å². The lowest BCUT2D eigenvalue weighted by atomic mass is 9.97. The van der Waals surface area contributed by atoms with Gasteiger partial charge in [0.1, 0.15) is 0 Å². The molecule has 0 aromatic heterocycles. The van der Waals surface area contributed by atoms with Crippen LogP contribution in [0.1, 0.15) is 58.8 Å². The van der Waals surface area contributed by atoms with Crippen molar-refractivity contribution in [1.29, 1.82) is 0 Å². The van der Waals surface area contributed by atoms with Gasteiger partial charge in [0.15, 0.2) is 0 Å². The van der Waals surface area contributed by atoms with E-state index in [9.17, 15) is 0 Å². The molecule has 0 spiro atoms. The smallest absolute Gasteiger partial charge is 0.00697 e. The number of unbranched alkanes of at least 4 members (excludes halogenated alkanes) is 3. The summed E-state index contributed by atoms with van der Waals surface area (Å²) in [6, 6.07) is 1.64. The largest absolute Gasteiger partial charge is 0.298 e. The van der Waals surface area contributed by atoms with Crippen molar-refractivity contribution in [3.05, 3.63) is 0 Å². The normalized spacial score (nSPS) is 28.2. The molecule has 0 amide bonds. The van der Waals surface area contributed by atoms with Gasteiger partial charge in [-0.15, -0.1) is 0 Å².